The zero-order valence-corrected chi connectivity index (χ0v) is 20.6. The molecule has 0 atom stereocenters. The van der Waals surface area contributed by atoms with Crippen LogP contribution >= 0.6 is 11.6 Å². The Kier molecular flexibility index (Phi) is 7.83. The van der Waals surface area contributed by atoms with Crippen molar-refractivity contribution in [1.29, 1.82) is 0 Å². The Hall–Kier alpha value is -3.64. The highest BCUT2D eigenvalue weighted by molar-refractivity contribution is 6.30. The molecule has 0 aliphatic rings. The van der Waals surface area contributed by atoms with Gasteiger partial charge in [0.05, 0.1) is 34.7 Å². The number of ketones is 1. The van der Waals surface area contributed by atoms with E-state index in [2.05, 4.69) is 10.3 Å². The summed E-state index contributed by atoms with van der Waals surface area (Å²) in [6.45, 7) is 3.93. The van der Waals surface area contributed by atoms with Crippen molar-refractivity contribution in [2.75, 3.05) is 0 Å². The minimum Gasteiger partial charge on any atom is -0.346 e. The van der Waals surface area contributed by atoms with Crippen molar-refractivity contribution in [3.63, 3.8) is 0 Å². The van der Waals surface area contributed by atoms with Gasteiger partial charge in [0, 0.05) is 28.8 Å². The molecule has 2 aromatic heterocycles. The van der Waals surface area contributed by atoms with Crippen molar-refractivity contribution in [2.45, 2.75) is 46.1 Å². The molecule has 1 amide bonds. The maximum Gasteiger partial charge on any atom is 0.251 e. The minimum atomic E-state index is -0.194. The second kappa shape index (κ2) is 11.2. The third-order valence-electron chi connectivity index (χ3n) is 5.71. The normalized spacial score (nSPS) is 10.9. The van der Waals surface area contributed by atoms with Crippen molar-refractivity contribution in [1.82, 2.24) is 20.3 Å². The molecule has 0 aliphatic carbocycles. The molecule has 178 valence electrons. The molecule has 1 N–H and O–H groups in total. The van der Waals surface area contributed by atoms with E-state index in [0.29, 0.717) is 41.0 Å². The molecule has 0 saturated heterocycles. The molecule has 4 rings (SSSR count). The van der Waals surface area contributed by atoms with E-state index in [9.17, 15) is 9.59 Å². The fourth-order valence-corrected chi connectivity index (χ4v) is 3.91. The van der Waals surface area contributed by atoms with Crippen LogP contribution in [0.1, 0.15) is 53.5 Å². The number of benzene rings is 2. The van der Waals surface area contributed by atoms with Crippen LogP contribution in [0, 0.1) is 6.92 Å². The van der Waals surface area contributed by atoms with Crippen molar-refractivity contribution in [2.24, 2.45) is 0 Å². The zero-order valence-electron chi connectivity index (χ0n) is 19.8. The molecule has 2 heterocycles. The number of nitrogens with one attached hydrogen (secondary N) is 1. The lowest BCUT2D eigenvalue weighted by atomic mass is 10.0. The Balaban J connectivity index is 1.60. The van der Waals surface area contributed by atoms with Crippen LogP contribution in [0.15, 0.2) is 60.8 Å². The van der Waals surface area contributed by atoms with Gasteiger partial charge in [0.15, 0.2) is 0 Å². The van der Waals surface area contributed by atoms with Crippen LogP contribution in [0.25, 0.3) is 22.3 Å². The van der Waals surface area contributed by atoms with Gasteiger partial charge in [0.2, 0.25) is 0 Å². The maximum absolute atomic E-state index is 12.8. The third-order valence-corrected chi connectivity index (χ3v) is 5.96. The van der Waals surface area contributed by atoms with Crippen LogP contribution < -0.4 is 5.32 Å². The lowest BCUT2D eigenvalue weighted by Crippen LogP contribution is -2.23. The van der Waals surface area contributed by atoms with Gasteiger partial charge in [-0.05, 0) is 75.1 Å². The topological polar surface area (TPSA) is 84.8 Å². The van der Waals surface area contributed by atoms with Crippen molar-refractivity contribution in [3.05, 3.63) is 88.3 Å². The molecular formula is C28H27ClN4O2. The van der Waals surface area contributed by atoms with E-state index >= 15 is 0 Å². The lowest BCUT2D eigenvalue weighted by molar-refractivity contribution is -0.117. The number of halogens is 1. The number of Topliss-reactive ketones (excluding diaryl/α,β-unsaturated/α-hetero) is 1. The second-order valence-corrected chi connectivity index (χ2v) is 9.08. The third kappa shape index (κ3) is 6.49. The molecule has 0 radical (unpaired) electrons. The summed E-state index contributed by atoms with van der Waals surface area (Å²) in [4.78, 5) is 38.2. The van der Waals surface area contributed by atoms with Crippen LogP contribution in [0.4, 0.5) is 0 Å². The largest absolute Gasteiger partial charge is 0.346 e. The zero-order chi connectivity index (χ0) is 24.8. The lowest BCUT2D eigenvalue weighted by Gasteiger charge is -2.11. The Morgan fingerprint density at radius 3 is 2.46 bits per heavy atom. The summed E-state index contributed by atoms with van der Waals surface area (Å²) in [5.41, 5.74) is 6.31. The van der Waals surface area contributed by atoms with Gasteiger partial charge in [0.1, 0.15) is 5.78 Å². The van der Waals surface area contributed by atoms with Crippen molar-refractivity contribution < 1.29 is 9.59 Å². The number of carbonyl (C=O) groups is 2. The van der Waals surface area contributed by atoms with Crippen LogP contribution in [0.3, 0.4) is 0 Å². The summed E-state index contributed by atoms with van der Waals surface area (Å²) in [6, 6.07) is 16.7. The maximum atomic E-state index is 12.8. The van der Waals surface area contributed by atoms with Gasteiger partial charge in [-0.15, -0.1) is 0 Å². The van der Waals surface area contributed by atoms with Crippen LogP contribution in [-0.4, -0.2) is 26.6 Å². The molecule has 7 heteroatoms. The fourth-order valence-electron chi connectivity index (χ4n) is 3.79. The molecular weight excluding hydrogens is 460 g/mol. The van der Waals surface area contributed by atoms with Gasteiger partial charge < -0.3 is 10.1 Å². The Labute approximate surface area is 209 Å². The van der Waals surface area contributed by atoms with Gasteiger partial charge >= 0.3 is 0 Å². The van der Waals surface area contributed by atoms with E-state index in [-0.39, 0.29) is 11.7 Å². The second-order valence-electron chi connectivity index (χ2n) is 8.65. The molecule has 0 spiro atoms. The van der Waals surface area contributed by atoms with E-state index in [1.807, 2.05) is 49.4 Å². The minimum absolute atomic E-state index is 0.184. The average Bonchev–Trinajstić information content (AvgIpc) is 2.85. The Morgan fingerprint density at radius 1 is 0.943 bits per heavy atom. The SMILES string of the molecule is CC(=O)CCCCc1nc2cc(C(=O)NCc3ccc(C)cn3)ccc2nc1-c1ccc(Cl)cc1. The number of aromatic nitrogens is 3. The monoisotopic (exact) mass is 486 g/mol. The van der Waals surface area contributed by atoms with E-state index < -0.39 is 0 Å². The van der Waals surface area contributed by atoms with Gasteiger partial charge in [-0.3, -0.25) is 9.78 Å². The molecule has 4 aromatic rings. The molecule has 0 saturated carbocycles. The quantitative estimate of drug-likeness (QED) is 0.298. The predicted octanol–water partition coefficient (Wildman–Crippen LogP) is 5.89. The number of nitrogens with zero attached hydrogens (tertiary/aromatic N) is 3. The number of carbonyl (C=O) groups excluding carboxylic acids is 2. The summed E-state index contributed by atoms with van der Waals surface area (Å²) in [6.07, 6.45) is 4.64. The highest BCUT2D eigenvalue weighted by Crippen LogP contribution is 2.26. The summed E-state index contributed by atoms with van der Waals surface area (Å²) in [5.74, 6) is -0.00938. The molecule has 0 aliphatic heterocycles. The number of rotatable bonds is 9. The summed E-state index contributed by atoms with van der Waals surface area (Å²) in [5, 5.41) is 3.57. The van der Waals surface area contributed by atoms with E-state index in [4.69, 9.17) is 21.6 Å². The summed E-state index contributed by atoms with van der Waals surface area (Å²) >= 11 is 6.07. The van der Waals surface area contributed by atoms with Gasteiger partial charge in [0.25, 0.3) is 5.91 Å². The first kappa shape index (κ1) is 24.5. The van der Waals surface area contributed by atoms with E-state index in [1.165, 1.54) is 0 Å². The van der Waals surface area contributed by atoms with Crippen LogP contribution in [-0.2, 0) is 17.8 Å². The predicted molar refractivity (Wildman–Crippen MR) is 138 cm³/mol. The van der Waals surface area contributed by atoms with Gasteiger partial charge in [-0.2, -0.15) is 0 Å². The van der Waals surface area contributed by atoms with E-state index in [0.717, 1.165) is 41.1 Å². The number of hydrogen-bond acceptors (Lipinski definition) is 5. The first-order chi connectivity index (χ1) is 16.9. The van der Waals surface area contributed by atoms with Crippen LogP contribution in [0.5, 0.6) is 0 Å². The summed E-state index contributed by atoms with van der Waals surface area (Å²) < 4.78 is 0. The average molecular weight is 487 g/mol. The highest BCUT2D eigenvalue weighted by atomic mass is 35.5. The number of hydrogen-bond donors (Lipinski definition) is 1. The number of pyridine rings is 1. The molecule has 35 heavy (non-hydrogen) atoms. The van der Waals surface area contributed by atoms with Crippen LogP contribution in [0.2, 0.25) is 5.02 Å². The number of unbranched alkanes of at least 4 members (excludes halogenated alkanes) is 1. The Morgan fingerprint density at radius 2 is 1.74 bits per heavy atom. The summed E-state index contributed by atoms with van der Waals surface area (Å²) in [7, 11) is 0. The van der Waals surface area contributed by atoms with Crippen molar-refractivity contribution in [3.8, 4) is 11.3 Å². The van der Waals surface area contributed by atoms with E-state index in [1.54, 1.807) is 25.3 Å². The smallest absolute Gasteiger partial charge is 0.251 e. The molecule has 0 unspecified atom stereocenters. The first-order valence-corrected chi connectivity index (χ1v) is 12.0. The molecule has 0 fully saturated rings. The molecule has 0 bridgehead atoms. The van der Waals surface area contributed by atoms with Crippen molar-refractivity contribution >= 4 is 34.3 Å². The highest BCUT2D eigenvalue weighted by Gasteiger charge is 2.14. The molecule has 6 nitrogen and oxygen atoms in total. The standard InChI is InChI=1S/C28H27ClN4O2/c1-18-7-13-23(30-16-18)17-31-28(35)21-10-14-24-26(15-21)32-25(6-4-3-5-19(2)34)27(33-24)20-8-11-22(29)12-9-20/h7-16H,3-6,17H2,1-2H3,(H,31,35). The molecule has 2 aromatic carbocycles. The van der Waals surface area contributed by atoms with Gasteiger partial charge in [-0.1, -0.05) is 29.8 Å². The number of aryl methyl sites for hydroxylation is 2. The fraction of sp³-hybridized carbons (Fsp3) is 0.250. The Bertz CT molecular complexity index is 1350. The number of amides is 1. The van der Waals surface area contributed by atoms with Gasteiger partial charge in [-0.25, -0.2) is 9.97 Å². The number of fused-ring (bicyclic) bond motifs is 1. The first-order valence-electron chi connectivity index (χ1n) is 11.6.